The third-order valence-electron chi connectivity index (χ3n) is 5.57. The minimum atomic E-state index is 0.420. The van der Waals surface area contributed by atoms with Gasteiger partial charge in [-0.25, -0.2) is 0 Å². The number of likely N-dealkylation sites (tertiary alicyclic amines) is 2. The van der Waals surface area contributed by atoms with E-state index in [1.165, 1.54) is 55.3 Å². The Hall–Kier alpha value is -0.460. The number of hydrogen-bond donors (Lipinski definition) is 0. The van der Waals surface area contributed by atoms with Gasteiger partial charge in [0.15, 0.2) is 0 Å². The minimum Gasteiger partial charge on any atom is -0.374 e. The van der Waals surface area contributed by atoms with E-state index in [2.05, 4.69) is 33.8 Å². The summed E-state index contributed by atoms with van der Waals surface area (Å²) in [6.07, 6.45) is 3.20. The predicted octanol–water partition coefficient (Wildman–Crippen LogP) is 2.04. The average molecular weight is 336 g/mol. The number of nitrogens with zero attached hydrogens (tertiary/aromatic N) is 3. The van der Waals surface area contributed by atoms with Crippen LogP contribution in [0.1, 0.15) is 22.6 Å². The zero-order chi connectivity index (χ0) is 15.6. The van der Waals surface area contributed by atoms with Crippen LogP contribution < -0.4 is 0 Å². The number of ether oxygens (including phenoxy) is 1. The first-order valence-corrected chi connectivity index (χ1v) is 9.95. The van der Waals surface area contributed by atoms with Crippen molar-refractivity contribution in [2.24, 2.45) is 0 Å². The van der Waals surface area contributed by atoms with Crippen LogP contribution in [-0.2, 0) is 11.3 Å². The molecule has 1 aromatic rings. The molecule has 0 aliphatic carbocycles. The van der Waals surface area contributed by atoms with Gasteiger partial charge in [0.1, 0.15) is 0 Å². The third kappa shape index (κ3) is 3.80. The Labute approximate surface area is 144 Å². The van der Waals surface area contributed by atoms with E-state index in [1.54, 1.807) is 0 Å². The molecule has 3 fully saturated rings. The number of hydrogen-bond acceptors (Lipinski definition) is 5. The lowest BCUT2D eigenvalue weighted by Gasteiger charge is -2.37. The quantitative estimate of drug-likeness (QED) is 0.820. The van der Waals surface area contributed by atoms with Crippen molar-refractivity contribution >= 4 is 11.3 Å². The lowest BCUT2D eigenvalue weighted by Crippen LogP contribution is -2.52. The van der Waals surface area contributed by atoms with Crippen LogP contribution in [0.4, 0.5) is 0 Å². The molecular formula is C18H29N3OS. The molecule has 0 unspecified atom stereocenters. The van der Waals surface area contributed by atoms with E-state index >= 15 is 0 Å². The van der Waals surface area contributed by atoms with Crippen LogP contribution in [0.15, 0.2) is 12.1 Å². The highest BCUT2D eigenvalue weighted by Gasteiger charge is 2.39. The zero-order valence-electron chi connectivity index (χ0n) is 14.2. The summed E-state index contributed by atoms with van der Waals surface area (Å²) in [5, 5.41) is 0. The molecule has 3 saturated heterocycles. The molecule has 0 spiro atoms. The van der Waals surface area contributed by atoms with Crippen molar-refractivity contribution in [1.29, 1.82) is 0 Å². The van der Waals surface area contributed by atoms with Gasteiger partial charge in [-0.15, -0.1) is 11.3 Å². The van der Waals surface area contributed by atoms with Gasteiger partial charge in [-0.3, -0.25) is 9.80 Å². The molecule has 4 nitrogen and oxygen atoms in total. The largest absolute Gasteiger partial charge is 0.374 e. The van der Waals surface area contributed by atoms with Crippen LogP contribution in [0.25, 0.3) is 0 Å². The van der Waals surface area contributed by atoms with Gasteiger partial charge in [0.25, 0.3) is 0 Å². The summed E-state index contributed by atoms with van der Waals surface area (Å²) in [4.78, 5) is 10.8. The molecule has 0 radical (unpaired) electrons. The summed E-state index contributed by atoms with van der Waals surface area (Å²) in [6.45, 7) is 12.7. The van der Waals surface area contributed by atoms with Gasteiger partial charge in [-0.05, 0) is 45.0 Å². The summed E-state index contributed by atoms with van der Waals surface area (Å²) < 4.78 is 6.08. The molecule has 3 aliphatic rings. The fourth-order valence-electron chi connectivity index (χ4n) is 4.31. The molecular weight excluding hydrogens is 306 g/mol. The van der Waals surface area contributed by atoms with Crippen LogP contribution in [0.3, 0.4) is 0 Å². The summed E-state index contributed by atoms with van der Waals surface area (Å²) in [6, 6.07) is 5.13. The van der Waals surface area contributed by atoms with Gasteiger partial charge in [-0.1, -0.05) is 0 Å². The molecule has 23 heavy (non-hydrogen) atoms. The Balaban J connectivity index is 1.32. The highest BCUT2D eigenvalue weighted by atomic mass is 32.1. The van der Waals surface area contributed by atoms with Gasteiger partial charge >= 0.3 is 0 Å². The molecule has 3 aliphatic heterocycles. The number of thiophene rings is 1. The second-order valence-electron chi connectivity index (χ2n) is 7.27. The zero-order valence-corrected chi connectivity index (χ0v) is 15.1. The fourth-order valence-corrected chi connectivity index (χ4v) is 5.24. The van der Waals surface area contributed by atoms with E-state index in [0.717, 1.165) is 26.2 Å². The van der Waals surface area contributed by atoms with Crippen LogP contribution in [0.2, 0.25) is 0 Å². The normalized spacial score (nSPS) is 30.1. The number of fused-ring (bicyclic) bond motifs is 1. The van der Waals surface area contributed by atoms with Crippen LogP contribution in [-0.4, -0.2) is 79.3 Å². The molecule has 0 saturated carbocycles. The van der Waals surface area contributed by atoms with Crippen LogP contribution >= 0.6 is 11.3 Å². The lowest BCUT2D eigenvalue weighted by atomic mass is 10.1. The van der Waals surface area contributed by atoms with Gasteiger partial charge in [-0.2, -0.15) is 0 Å². The van der Waals surface area contributed by atoms with Gasteiger partial charge in [0, 0.05) is 55.1 Å². The smallest absolute Gasteiger partial charge is 0.0870 e. The summed E-state index contributed by atoms with van der Waals surface area (Å²) in [7, 11) is 0. The summed E-state index contributed by atoms with van der Waals surface area (Å²) >= 11 is 1.93. The van der Waals surface area contributed by atoms with E-state index in [1.807, 2.05) is 11.3 Å². The molecule has 0 bridgehead atoms. The molecule has 128 valence electrons. The van der Waals surface area contributed by atoms with Crippen molar-refractivity contribution in [2.45, 2.75) is 38.5 Å². The summed E-state index contributed by atoms with van der Waals surface area (Å²) in [5.74, 6) is 0. The van der Waals surface area contributed by atoms with Crippen LogP contribution in [0, 0.1) is 6.92 Å². The van der Waals surface area contributed by atoms with Crippen molar-refractivity contribution in [3.05, 3.63) is 21.9 Å². The maximum absolute atomic E-state index is 6.08. The third-order valence-corrected chi connectivity index (χ3v) is 6.56. The molecule has 0 aromatic carbocycles. The molecule has 0 N–H and O–H groups in total. The fraction of sp³-hybridized carbons (Fsp3) is 0.778. The first-order chi connectivity index (χ1) is 11.3. The van der Waals surface area contributed by atoms with E-state index in [-0.39, 0.29) is 0 Å². The second-order valence-corrected chi connectivity index (χ2v) is 8.64. The number of rotatable bonds is 5. The van der Waals surface area contributed by atoms with Gasteiger partial charge < -0.3 is 9.64 Å². The second kappa shape index (κ2) is 7.19. The van der Waals surface area contributed by atoms with Crippen molar-refractivity contribution in [3.63, 3.8) is 0 Å². The number of morpholine rings is 1. The van der Waals surface area contributed by atoms with Crippen molar-refractivity contribution < 1.29 is 4.74 Å². The maximum Gasteiger partial charge on any atom is 0.0870 e. The van der Waals surface area contributed by atoms with E-state index in [4.69, 9.17) is 4.74 Å². The average Bonchev–Trinajstić information content (AvgIpc) is 3.26. The van der Waals surface area contributed by atoms with Crippen molar-refractivity contribution in [1.82, 2.24) is 14.7 Å². The van der Waals surface area contributed by atoms with Gasteiger partial charge in [0.05, 0.1) is 12.7 Å². The molecule has 5 heteroatoms. The Kier molecular flexibility index (Phi) is 5.02. The molecule has 2 atom stereocenters. The number of aryl methyl sites for hydroxylation is 1. The minimum absolute atomic E-state index is 0.420. The van der Waals surface area contributed by atoms with E-state index in [0.29, 0.717) is 12.1 Å². The van der Waals surface area contributed by atoms with Crippen molar-refractivity contribution in [2.75, 3.05) is 52.4 Å². The Morgan fingerprint density at radius 3 is 2.74 bits per heavy atom. The molecule has 4 rings (SSSR count). The highest BCUT2D eigenvalue weighted by Crippen LogP contribution is 2.26. The van der Waals surface area contributed by atoms with Crippen LogP contribution in [0.5, 0.6) is 0 Å². The highest BCUT2D eigenvalue weighted by molar-refractivity contribution is 7.11. The molecule has 1 aromatic heterocycles. The topological polar surface area (TPSA) is 19.0 Å². The predicted molar refractivity (Wildman–Crippen MR) is 95.1 cm³/mol. The van der Waals surface area contributed by atoms with E-state index in [9.17, 15) is 0 Å². The Morgan fingerprint density at radius 2 is 1.96 bits per heavy atom. The first-order valence-electron chi connectivity index (χ1n) is 9.13. The molecule has 4 heterocycles. The monoisotopic (exact) mass is 335 g/mol. The molecule has 0 amide bonds. The SMILES string of the molecule is Cc1ccc(CN2C[C@@H]3OCCN(CCN4CCCC4)[C@@H]3C2)s1. The van der Waals surface area contributed by atoms with Gasteiger partial charge in [0.2, 0.25) is 0 Å². The Morgan fingerprint density at radius 1 is 1.09 bits per heavy atom. The summed E-state index contributed by atoms with van der Waals surface area (Å²) in [5.41, 5.74) is 0. The van der Waals surface area contributed by atoms with Crippen molar-refractivity contribution in [3.8, 4) is 0 Å². The lowest BCUT2D eigenvalue weighted by molar-refractivity contribution is -0.0488. The standard InChI is InChI=1S/C18H29N3OS/c1-15-4-5-16(23-15)12-20-13-17-18(14-20)22-11-10-21(17)9-8-19-6-2-3-7-19/h4-5,17-18H,2-3,6-14H2,1H3/t17-,18+/m1/s1. The van der Waals surface area contributed by atoms with E-state index < -0.39 is 0 Å². The maximum atomic E-state index is 6.08. The Bertz CT molecular complexity index is 514. The first kappa shape index (κ1) is 16.0.